The Labute approximate surface area is 167 Å². The molecular weight excluding hydrogens is 360 g/mol. The third-order valence-corrected chi connectivity index (χ3v) is 5.14. The molecule has 0 heterocycles. The van der Waals surface area contributed by atoms with Gasteiger partial charge in [-0.05, 0) is 42.0 Å². The lowest BCUT2D eigenvalue weighted by Crippen LogP contribution is -2.34. The largest absolute Gasteiger partial charge is 0.372 e. The number of amides is 1. The molecule has 0 bridgehead atoms. The Hall–Kier alpha value is -1.88. The smallest absolute Gasteiger partial charge is 0.223 e. The minimum absolute atomic E-state index is 0. The Morgan fingerprint density at radius 1 is 1.00 bits per heavy atom. The minimum atomic E-state index is 0. The van der Waals surface area contributed by atoms with E-state index in [2.05, 4.69) is 29.6 Å². The fourth-order valence-corrected chi connectivity index (χ4v) is 3.67. The van der Waals surface area contributed by atoms with E-state index in [1.807, 2.05) is 30.3 Å². The van der Waals surface area contributed by atoms with Crippen LogP contribution < -0.4 is 11.1 Å². The summed E-state index contributed by atoms with van der Waals surface area (Å²) in [4.78, 5) is 12.4. The molecule has 2 atom stereocenters. The fourth-order valence-electron chi connectivity index (χ4n) is 3.67. The van der Waals surface area contributed by atoms with Crippen LogP contribution in [0.3, 0.4) is 0 Å². The number of hydrogen-bond acceptors (Lipinski definition) is 3. The first kappa shape index (κ1) is 21.4. The lowest BCUT2D eigenvalue weighted by Gasteiger charge is -2.17. The molecule has 1 saturated carbocycles. The second kappa shape index (κ2) is 11.1. The molecule has 3 rings (SSSR count). The molecule has 0 radical (unpaired) electrons. The van der Waals surface area contributed by atoms with Crippen molar-refractivity contribution in [2.75, 3.05) is 6.54 Å². The molecule has 0 aromatic heterocycles. The highest BCUT2D eigenvalue weighted by Gasteiger charge is 2.31. The molecule has 0 unspecified atom stereocenters. The van der Waals surface area contributed by atoms with Crippen molar-refractivity contribution >= 4 is 18.3 Å². The molecule has 1 amide bonds. The average Bonchev–Trinajstić information content (AvgIpc) is 3.16. The first-order valence-corrected chi connectivity index (χ1v) is 9.43. The van der Waals surface area contributed by atoms with E-state index < -0.39 is 0 Å². The molecule has 5 heteroatoms. The maximum atomic E-state index is 12.4. The summed E-state index contributed by atoms with van der Waals surface area (Å²) < 4.78 is 5.80. The molecular formula is C22H29ClN2O2. The van der Waals surface area contributed by atoms with Gasteiger partial charge in [0.05, 0.1) is 13.2 Å². The first-order chi connectivity index (χ1) is 12.8. The fraction of sp³-hybridized carbons (Fsp3) is 0.409. The van der Waals surface area contributed by atoms with E-state index in [9.17, 15) is 4.79 Å². The Morgan fingerprint density at radius 3 is 2.48 bits per heavy atom. The lowest BCUT2D eigenvalue weighted by atomic mass is 9.95. The van der Waals surface area contributed by atoms with Gasteiger partial charge >= 0.3 is 0 Å². The van der Waals surface area contributed by atoms with Gasteiger partial charge in [-0.25, -0.2) is 0 Å². The monoisotopic (exact) mass is 388 g/mol. The number of hydrogen-bond donors (Lipinski definition) is 2. The van der Waals surface area contributed by atoms with Crippen molar-refractivity contribution in [3.8, 4) is 0 Å². The van der Waals surface area contributed by atoms with Crippen LogP contribution >= 0.6 is 12.4 Å². The zero-order valence-corrected chi connectivity index (χ0v) is 16.4. The summed E-state index contributed by atoms with van der Waals surface area (Å²) in [7, 11) is 0. The average molecular weight is 389 g/mol. The van der Waals surface area contributed by atoms with Crippen molar-refractivity contribution in [2.45, 2.75) is 39.0 Å². The van der Waals surface area contributed by atoms with Crippen molar-refractivity contribution in [1.82, 2.24) is 5.32 Å². The zero-order chi connectivity index (χ0) is 18.2. The zero-order valence-electron chi connectivity index (χ0n) is 15.6. The number of nitrogens with two attached hydrogens (primary N) is 1. The number of carbonyl (C=O) groups excluding carboxylic acids is 1. The van der Waals surface area contributed by atoms with Crippen LogP contribution in [0.15, 0.2) is 54.6 Å². The van der Waals surface area contributed by atoms with Gasteiger partial charge in [-0.1, -0.05) is 61.0 Å². The van der Waals surface area contributed by atoms with Crippen LogP contribution in [0.4, 0.5) is 0 Å². The number of benzene rings is 2. The summed E-state index contributed by atoms with van der Waals surface area (Å²) in [5.41, 5.74) is 9.17. The van der Waals surface area contributed by atoms with Crippen LogP contribution in [0.25, 0.3) is 0 Å². The predicted octanol–water partition coefficient (Wildman–Crippen LogP) is 3.82. The molecule has 0 spiro atoms. The Kier molecular flexibility index (Phi) is 8.79. The summed E-state index contributed by atoms with van der Waals surface area (Å²) >= 11 is 0. The van der Waals surface area contributed by atoms with Gasteiger partial charge in [0.1, 0.15) is 0 Å². The summed E-state index contributed by atoms with van der Waals surface area (Å²) in [6.07, 6.45) is 3.14. The maximum absolute atomic E-state index is 12.4. The highest BCUT2D eigenvalue weighted by Crippen LogP contribution is 2.31. The van der Waals surface area contributed by atoms with Gasteiger partial charge in [-0.2, -0.15) is 0 Å². The van der Waals surface area contributed by atoms with Gasteiger partial charge in [0.2, 0.25) is 5.91 Å². The molecule has 1 aliphatic carbocycles. The molecule has 146 valence electrons. The van der Waals surface area contributed by atoms with E-state index >= 15 is 0 Å². The maximum Gasteiger partial charge on any atom is 0.223 e. The lowest BCUT2D eigenvalue weighted by molar-refractivity contribution is -0.126. The summed E-state index contributed by atoms with van der Waals surface area (Å²) in [6, 6.07) is 18.4. The highest BCUT2D eigenvalue weighted by atomic mass is 35.5. The number of ether oxygens (including phenoxy) is 1. The third-order valence-electron chi connectivity index (χ3n) is 5.14. The summed E-state index contributed by atoms with van der Waals surface area (Å²) in [6.45, 7) is 2.32. The van der Waals surface area contributed by atoms with Crippen molar-refractivity contribution in [3.05, 3.63) is 71.3 Å². The Balaban J connectivity index is 0.00000261. The van der Waals surface area contributed by atoms with Crippen LogP contribution in [0.2, 0.25) is 0 Å². The van der Waals surface area contributed by atoms with Gasteiger partial charge in [0, 0.05) is 12.5 Å². The number of carbonyl (C=O) groups is 1. The number of rotatable bonds is 8. The van der Waals surface area contributed by atoms with Gasteiger partial charge in [-0.3, -0.25) is 4.79 Å². The first-order valence-electron chi connectivity index (χ1n) is 9.43. The van der Waals surface area contributed by atoms with E-state index in [4.69, 9.17) is 10.5 Å². The molecule has 0 aliphatic heterocycles. The SMILES string of the molecule is Cl.NC[C@H]1CCC[C@H]1C(=O)NCc1cccc(COCc2ccccc2)c1. The van der Waals surface area contributed by atoms with Crippen LogP contribution in [0, 0.1) is 11.8 Å². The van der Waals surface area contributed by atoms with E-state index in [-0.39, 0.29) is 24.2 Å². The van der Waals surface area contributed by atoms with Gasteiger partial charge in [0.15, 0.2) is 0 Å². The topological polar surface area (TPSA) is 64.4 Å². The molecule has 0 saturated heterocycles. The van der Waals surface area contributed by atoms with Crippen molar-refractivity contribution in [2.24, 2.45) is 17.6 Å². The standard InChI is InChI=1S/C22H28N2O2.ClH/c23-13-20-10-5-11-21(20)22(25)24-14-18-8-4-9-19(12-18)16-26-15-17-6-2-1-3-7-17;/h1-4,6-9,12,20-21H,5,10-11,13-16,23H2,(H,24,25);1H/t20-,21-;/m1./s1. The van der Waals surface area contributed by atoms with Crippen LogP contribution in [0.5, 0.6) is 0 Å². The van der Waals surface area contributed by atoms with E-state index in [1.165, 1.54) is 5.56 Å². The van der Waals surface area contributed by atoms with Crippen LogP contribution in [-0.4, -0.2) is 12.5 Å². The number of halogens is 1. The van der Waals surface area contributed by atoms with E-state index in [0.29, 0.717) is 32.2 Å². The van der Waals surface area contributed by atoms with Crippen LogP contribution in [-0.2, 0) is 29.3 Å². The molecule has 2 aromatic rings. The molecule has 1 aliphatic rings. The van der Waals surface area contributed by atoms with Crippen molar-refractivity contribution < 1.29 is 9.53 Å². The quantitative estimate of drug-likeness (QED) is 0.722. The van der Waals surface area contributed by atoms with Crippen LogP contribution in [0.1, 0.15) is 36.0 Å². The summed E-state index contributed by atoms with van der Waals surface area (Å²) in [5, 5.41) is 3.08. The summed E-state index contributed by atoms with van der Waals surface area (Å²) in [5.74, 6) is 0.564. The van der Waals surface area contributed by atoms with Crippen molar-refractivity contribution in [1.29, 1.82) is 0 Å². The van der Waals surface area contributed by atoms with Crippen molar-refractivity contribution in [3.63, 3.8) is 0 Å². The van der Waals surface area contributed by atoms with Gasteiger partial charge < -0.3 is 15.8 Å². The second-order valence-corrected chi connectivity index (χ2v) is 7.05. The normalized spacial score (nSPS) is 18.7. The molecule has 1 fully saturated rings. The van der Waals surface area contributed by atoms with Gasteiger partial charge in [-0.15, -0.1) is 12.4 Å². The molecule has 4 nitrogen and oxygen atoms in total. The highest BCUT2D eigenvalue weighted by molar-refractivity contribution is 5.85. The molecule has 2 aromatic carbocycles. The third kappa shape index (κ3) is 6.35. The Bertz CT molecular complexity index is 708. The Morgan fingerprint density at radius 2 is 1.70 bits per heavy atom. The molecule has 27 heavy (non-hydrogen) atoms. The number of nitrogens with one attached hydrogen (secondary N) is 1. The van der Waals surface area contributed by atoms with Gasteiger partial charge in [0.25, 0.3) is 0 Å². The molecule has 3 N–H and O–H groups in total. The second-order valence-electron chi connectivity index (χ2n) is 7.05. The van der Waals surface area contributed by atoms with E-state index in [1.54, 1.807) is 0 Å². The predicted molar refractivity (Wildman–Crippen MR) is 110 cm³/mol. The van der Waals surface area contributed by atoms with E-state index in [0.717, 1.165) is 30.4 Å². The minimum Gasteiger partial charge on any atom is -0.372 e.